The van der Waals surface area contributed by atoms with E-state index < -0.39 is 7.12 Å². The summed E-state index contributed by atoms with van der Waals surface area (Å²) in [6, 6.07) is 103. The average molecular weight is 1220 g/mol. The first kappa shape index (κ1) is 57.1. The number of halogens is 1. The zero-order valence-corrected chi connectivity index (χ0v) is 50.6. The Kier molecular flexibility index (Phi) is 16.5. The molecule has 12 aromatic carbocycles. The summed E-state index contributed by atoms with van der Waals surface area (Å²) in [7, 11) is -1.41. The van der Waals surface area contributed by atoms with Gasteiger partial charge in [-0.25, -0.2) is 19.9 Å². The van der Waals surface area contributed by atoms with Crippen molar-refractivity contribution in [2.45, 2.75) is 0 Å². The van der Waals surface area contributed by atoms with Crippen LogP contribution in [0.4, 0.5) is 0 Å². The van der Waals surface area contributed by atoms with E-state index in [9.17, 15) is 10.0 Å². The van der Waals surface area contributed by atoms with E-state index in [2.05, 4.69) is 192 Å². The van der Waals surface area contributed by atoms with Gasteiger partial charge >= 0.3 is 7.12 Å². The van der Waals surface area contributed by atoms with Crippen LogP contribution in [0, 0.1) is 0 Å². The third-order valence-electron chi connectivity index (χ3n) is 15.6. The number of aromatic nitrogens is 6. The molecule has 4 aromatic heterocycles. The number of hydrogen-bond donors (Lipinski definition) is 2. The van der Waals surface area contributed by atoms with Gasteiger partial charge in [-0.2, -0.15) is 9.97 Å². The molecule has 0 saturated carbocycles. The number of hydrogen-bond acceptors (Lipinski definition) is 10. The van der Waals surface area contributed by atoms with Crippen molar-refractivity contribution in [3.8, 4) is 101 Å². The maximum absolute atomic E-state index is 9.31. The van der Waals surface area contributed by atoms with Crippen LogP contribution in [0.15, 0.2) is 303 Å². The Bertz CT molecular complexity index is 5010. The van der Waals surface area contributed by atoms with Gasteiger partial charge in [0.2, 0.25) is 5.28 Å². The van der Waals surface area contributed by atoms with Crippen LogP contribution in [-0.4, -0.2) is 47.1 Å². The second kappa shape index (κ2) is 26.0. The Morgan fingerprint density at radius 1 is 0.244 bits per heavy atom. The van der Waals surface area contributed by atoms with E-state index in [4.69, 9.17) is 31.5 Å². The van der Waals surface area contributed by atoms with Gasteiger partial charge in [-0.3, -0.25) is 0 Å². The molecule has 0 spiro atoms. The van der Waals surface area contributed by atoms with Gasteiger partial charge in [0.1, 0.15) is 0 Å². The minimum Gasteiger partial charge on any atom is -0.423 e. The van der Waals surface area contributed by atoms with Gasteiger partial charge in [0.25, 0.3) is 0 Å². The predicted octanol–water partition coefficient (Wildman–Crippen LogP) is 19.5. The summed E-state index contributed by atoms with van der Waals surface area (Å²) in [5.41, 5.74) is 14.1. The zero-order valence-electron chi connectivity index (χ0n) is 48.2. The first-order valence-corrected chi connectivity index (χ1v) is 31.3. The SMILES string of the molecule is Clc1nc(-c2ccccc2-c2ccccc2)nc(-c2ccccc2-c2ccccc2)n1.OB(O)c1cccc2c1sc1ccccc12.c1ccc(-c2ccccc2-c2nc(-c3ccccc3-c3ccccc3)nc(-c3cccc4c3sc3ccccc34)n2)cc1. The normalized spacial score (nSPS) is 11.1. The van der Waals surface area contributed by atoms with Crippen LogP contribution < -0.4 is 5.46 Å². The van der Waals surface area contributed by atoms with E-state index in [0.29, 0.717) is 34.6 Å². The average Bonchev–Trinajstić information content (AvgIpc) is 1.56. The molecule has 428 valence electrons. The standard InChI is InChI=1S/C39H25N3S.C27H18ClN3.C12H9BO2S/c1-3-14-26(15-4-1)28-18-7-9-21-32(28)37-40-38(33-22-10-8-19-29(33)27-16-5-2-6-17-27)42-39(41-37)34-24-13-23-31-30-20-11-12-25-35(30)43-36(31)34;28-27-30-25(23-17-9-7-15-21(23)19-11-3-1-4-12-19)29-26(31-27)24-18-10-8-16-22(24)20-13-5-2-6-14-20;14-13(15)10-6-3-5-9-8-4-1-2-7-11(8)16-12(9)10/h1-25H;1-18H;1-7,14-15H. The van der Waals surface area contributed by atoms with E-state index in [1.54, 1.807) is 28.7 Å². The van der Waals surface area contributed by atoms with Crippen LogP contribution >= 0.6 is 34.3 Å². The lowest BCUT2D eigenvalue weighted by molar-refractivity contribution is 0.426. The number of rotatable bonds is 10. The third kappa shape index (κ3) is 11.8. The fourth-order valence-corrected chi connectivity index (χ4v) is 14.0. The second-order valence-corrected chi connectivity index (χ2v) is 23.6. The molecular formula is C78H52BClN6O2S2. The molecule has 0 aliphatic carbocycles. The van der Waals surface area contributed by atoms with Crippen LogP contribution in [0.25, 0.3) is 142 Å². The molecule has 0 fully saturated rings. The van der Waals surface area contributed by atoms with E-state index >= 15 is 0 Å². The molecule has 0 aliphatic rings. The Balaban J connectivity index is 0.000000130. The van der Waals surface area contributed by atoms with Crippen LogP contribution in [0.2, 0.25) is 5.28 Å². The van der Waals surface area contributed by atoms with Crippen molar-refractivity contribution in [3.05, 3.63) is 309 Å². The molecule has 0 radical (unpaired) electrons. The summed E-state index contributed by atoms with van der Waals surface area (Å²) in [6.07, 6.45) is 0. The molecule has 16 aromatic rings. The van der Waals surface area contributed by atoms with Crippen molar-refractivity contribution in [1.82, 2.24) is 29.9 Å². The van der Waals surface area contributed by atoms with Crippen LogP contribution in [-0.2, 0) is 0 Å². The molecule has 0 bridgehead atoms. The molecular weight excluding hydrogens is 1160 g/mol. The predicted molar refractivity (Wildman–Crippen MR) is 376 cm³/mol. The fourth-order valence-electron chi connectivity index (χ4n) is 11.4. The van der Waals surface area contributed by atoms with Gasteiger partial charge in [-0.1, -0.05) is 285 Å². The summed E-state index contributed by atoms with van der Waals surface area (Å²) >= 11 is 9.77. The molecule has 0 unspecified atom stereocenters. The minimum atomic E-state index is -1.41. The second-order valence-electron chi connectivity index (χ2n) is 21.2. The smallest absolute Gasteiger partial charge is 0.423 e. The van der Waals surface area contributed by atoms with E-state index in [0.717, 1.165) is 82.4 Å². The number of nitrogens with zero attached hydrogens (tertiary/aromatic N) is 6. The molecule has 0 aliphatic heterocycles. The highest BCUT2D eigenvalue weighted by Gasteiger charge is 2.22. The number of benzene rings is 12. The van der Waals surface area contributed by atoms with Gasteiger partial charge in [0, 0.05) is 62.8 Å². The highest BCUT2D eigenvalue weighted by atomic mass is 35.5. The quantitative estimate of drug-likeness (QED) is 0.130. The van der Waals surface area contributed by atoms with Crippen molar-refractivity contribution in [2.75, 3.05) is 0 Å². The van der Waals surface area contributed by atoms with E-state index in [1.165, 1.54) is 30.3 Å². The summed E-state index contributed by atoms with van der Waals surface area (Å²) in [5, 5.41) is 23.5. The summed E-state index contributed by atoms with van der Waals surface area (Å²) in [4.78, 5) is 29.3. The van der Waals surface area contributed by atoms with Crippen LogP contribution in [0.1, 0.15) is 0 Å². The van der Waals surface area contributed by atoms with Crippen LogP contribution in [0.3, 0.4) is 0 Å². The van der Waals surface area contributed by atoms with Crippen molar-refractivity contribution >= 4 is 87.2 Å². The monoisotopic (exact) mass is 1210 g/mol. The van der Waals surface area contributed by atoms with Gasteiger partial charge in [0.15, 0.2) is 29.1 Å². The molecule has 0 saturated heterocycles. The lowest BCUT2D eigenvalue weighted by atomic mass is 9.80. The third-order valence-corrected chi connectivity index (χ3v) is 18.2. The molecule has 0 atom stereocenters. The topological polar surface area (TPSA) is 118 Å². The Morgan fingerprint density at radius 2 is 0.511 bits per heavy atom. The fraction of sp³-hybridized carbons (Fsp3) is 0. The highest BCUT2D eigenvalue weighted by Crippen LogP contribution is 2.42. The summed E-state index contributed by atoms with van der Waals surface area (Å²) in [5.74, 6) is 3.08. The first-order valence-electron chi connectivity index (χ1n) is 29.3. The summed E-state index contributed by atoms with van der Waals surface area (Å²) < 4.78 is 4.56. The number of thiophene rings is 2. The molecule has 12 heteroatoms. The molecule has 2 N–H and O–H groups in total. The van der Waals surface area contributed by atoms with Gasteiger partial charge in [0.05, 0.1) is 0 Å². The highest BCUT2D eigenvalue weighted by molar-refractivity contribution is 7.27. The molecule has 0 amide bonds. The van der Waals surface area contributed by atoms with E-state index in [-0.39, 0.29) is 5.28 Å². The zero-order chi connectivity index (χ0) is 60.8. The molecule has 8 nitrogen and oxygen atoms in total. The lowest BCUT2D eigenvalue weighted by Crippen LogP contribution is -2.29. The van der Waals surface area contributed by atoms with Crippen molar-refractivity contribution in [1.29, 1.82) is 0 Å². The number of fused-ring (bicyclic) bond motifs is 6. The van der Waals surface area contributed by atoms with Gasteiger partial charge < -0.3 is 10.0 Å². The first-order chi connectivity index (χ1) is 44.4. The van der Waals surface area contributed by atoms with Gasteiger partial charge in [-0.15, -0.1) is 22.7 Å². The van der Waals surface area contributed by atoms with Crippen molar-refractivity contribution in [2.24, 2.45) is 0 Å². The van der Waals surface area contributed by atoms with E-state index in [1.807, 2.05) is 115 Å². The maximum atomic E-state index is 9.31. The Morgan fingerprint density at radius 3 is 0.889 bits per heavy atom. The summed E-state index contributed by atoms with van der Waals surface area (Å²) in [6.45, 7) is 0. The lowest BCUT2D eigenvalue weighted by Gasteiger charge is -2.14. The minimum absolute atomic E-state index is 0.172. The Hall–Kier alpha value is -10.6. The largest absolute Gasteiger partial charge is 0.489 e. The van der Waals surface area contributed by atoms with Crippen LogP contribution in [0.5, 0.6) is 0 Å². The molecule has 4 heterocycles. The van der Waals surface area contributed by atoms with Crippen molar-refractivity contribution in [3.63, 3.8) is 0 Å². The van der Waals surface area contributed by atoms with Crippen molar-refractivity contribution < 1.29 is 10.0 Å². The molecule has 90 heavy (non-hydrogen) atoms. The Labute approximate surface area is 533 Å². The molecule has 16 rings (SSSR count). The van der Waals surface area contributed by atoms with Gasteiger partial charge in [-0.05, 0) is 85.2 Å². The maximum Gasteiger partial charge on any atom is 0.489 e.